The minimum atomic E-state index is -0.255. The third-order valence-corrected chi connectivity index (χ3v) is 4.86. The molecule has 5 heteroatoms. The van der Waals surface area contributed by atoms with Crippen LogP contribution in [0.5, 0.6) is 0 Å². The first-order valence-electron chi connectivity index (χ1n) is 8.36. The maximum absolute atomic E-state index is 12.9. The second kappa shape index (κ2) is 9.15. The lowest BCUT2D eigenvalue weighted by Gasteiger charge is -2.06. The highest BCUT2D eigenvalue weighted by molar-refractivity contribution is 7.98. The SMILES string of the molecule is O=C(NCCc1ccc(F)cc1)c1ccc(SCc2ccccc2)nc1. The summed E-state index contributed by atoms with van der Waals surface area (Å²) in [5.74, 6) is 0.435. The Morgan fingerprint density at radius 2 is 1.73 bits per heavy atom. The Morgan fingerprint density at radius 1 is 0.962 bits per heavy atom. The fourth-order valence-electron chi connectivity index (χ4n) is 2.41. The molecular weight excluding hydrogens is 347 g/mol. The van der Waals surface area contributed by atoms with Crippen molar-refractivity contribution < 1.29 is 9.18 Å². The van der Waals surface area contributed by atoms with Crippen molar-refractivity contribution in [1.82, 2.24) is 10.3 Å². The summed E-state index contributed by atoms with van der Waals surface area (Å²) in [5.41, 5.74) is 2.76. The van der Waals surface area contributed by atoms with Crippen molar-refractivity contribution >= 4 is 17.7 Å². The number of amides is 1. The number of hydrogen-bond acceptors (Lipinski definition) is 3. The molecule has 1 heterocycles. The molecule has 26 heavy (non-hydrogen) atoms. The van der Waals surface area contributed by atoms with Crippen molar-refractivity contribution in [3.8, 4) is 0 Å². The number of carbonyl (C=O) groups excluding carboxylic acids is 1. The highest BCUT2D eigenvalue weighted by Gasteiger charge is 2.06. The first kappa shape index (κ1) is 18.1. The van der Waals surface area contributed by atoms with Crippen molar-refractivity contribution in [3.63, 3.8) is 0 Å². The quantitative estimate of drug-likeness (QED) is 0.627. The number of pyridine rings is 1. The van der Waals surface area contributed by atoms with Gasteiger partial charge < -0.3 is 5.32 Å². The van der Waals surface area contributed by atoms with E-state index in [0.717, 1.165) is 16.3 Å². The maximum atomic E-state index is 12.9. The molecule has 0 saturated carbocycles. The minimum Gasteiger partial charge on any atom is -0.352 e. The highest BCUT2D eigenvalue weighted by Crippen LogP contribution is 2.20. The van der Waals surface area contributed by atoms with Crippen LogP contribution in [0.4, 0.5) is 4.39 Å². The fraction of sp³-hybridized carbons (Fsp3) is 0.143. The van der Waals surface area contributed by atoms with Gasteiger partial charge in [0.2, 0.25) is 0 Å². The molecule has 3 rings (SSSR count). The maximum Gasteiger partial charge on any atom is 0.252 e. The molecule has 0 atom stereocenters. The van der Waals surface area contributed by atoms with Gasteiger partial charge in [-0.25, -0.2) is 9.37 Å². The van der Waals surface area contributed by atoms with Crippen LogP contribution in [0, 0.1) is 5.82 Å². The summed E-state index contributed by atoms with van der Waals surface area (Å²) in [6, 6.07) is 20.1. The molecule has 0 radical (unpaired) electrons. The van der Waals surface area contributed by atoms with E-state index < -0.39 is 0 Å². The second-order valence-electron chi connectivity index (χ2n) is 5.79. The zero-order chi connectivity index (χ0) is 18.2. The topological polar surface area (TPSA) is 42.0 Å². The molecule has 2 aromatic carbocycles. The number of nitrogens with zero attached hydrogens (tertiary/aromatic N) is 1. The van der Waals surface area contributed by atoms with Gasteiger partial charge in [0.05, 0.1) is 10.6 Å². The molecule has 3 nitrogen and oxygen atoms in total. The van der Waals surface area contributed by atoms with Crippen LogP contribution < -0.4 is 5.32 Å². The van der Waals surface area contributed by atoms with Crippen molar-refractivity contribution in [2.24, 2.45) is 0 Å². The molecule has 0 unspecified atom stereocenters. The summed E-state index contributed by atoms with van der Waals surface area (Å²) in [6.45, 7) is 0.495. The van der Waals surface area contributed by atoms with Gasteiger partial charge in [0, 0.05) is 18.5 Å². The second-order valence-corrected chi connectivity index (χ2v) is 6.79. The van der Waals surface area contributed by atoms with E-state index in [9.17, 15) is 9.18 Å². The average molecular weight is 366 g/mol. The number of nitrogens with one attached hydrogen (secondary N) is 1. The van der Waals surface area contributed by atoms with Crippen LogP contribution in [0.1, 0.15) is 21.5 Å². The summed E-state index contributed by atoms with van der Waals surface area (Å²) in [5, 5.41) is 3.75. The van der Waals surface area contributed by atoms with Crippen LogP contribution in [0.25, 0.3) is 0 Å². The monoisotopic (exact) mass is 366 g/mol. The number of carbonyl (C=O) groups is 1. The summed E-state index contributed by atoms with van der Waals surface area (Å²) < 4.78 is 12.9. The van der Waals surface area contributed by atoms with E-state index in [0.29, 0.717) is 18.5 Å². The van der Waals surface area contributed by atoms with Crippen molar-refractivity contribution in [2.75, 3.05) is 6.54 Å². The van der Waals surface area contributed by atoms with Crippen LogP contribution in [-0.4, -0.2) is 17.4 Å². The average Bonchev–Trinajstić information content (AvgIpc) is 2.69. The van der Waals surface area contributed by atoms with E-state index in [-0.39, 0.29) is 11.7 Å². The predicted octanol–water partition coefficient (Wildman–Crippen LogP) is 4.49. The zero-order valence-electron chi connectivity index (χ0n) is 14.2. The van der Waals surface area contributed by atoms with Gasteiger partial charge in [0.15, 0.2) is 0 Å². The predicted molar refractivity (Wildman–Crippen MR) is 103 cm³/mol. The molecule has 1 amide bonds. The fourth-order valence-corrected chi connectivity index (χ4v) is 3.20. The molecule has 0 saturated heterocycles. The number of halogens is 1. The number of benzene rings is 2. The van der Waals surface area contributed by atoms with E-state index >= 15 is 0 Å². The van der Waals surface area contributed by atoms with Gasteiger partial charge in [-0.05, 0) is 41.8 Å². The third kappa shape index (κ3) is 5.43. The Labute approximate surface area is 156 Å². The van der Waals surface area contributed by atoms with Crippen LogP contribution in [0.2, 0.25) is 0 Å². The largest absolute Gasteiger partial charge is 0.352 e. The number of hydrogen-bond donors (Lipinski definition) is 1. The van der Waals surface area contributed by atoms with Crippen LogP contribution in [0.3, 0.4) is 0 Å². The van der Waals surface area contributed by atoms with E-state index in [4.69, 9.17) is 0 Å². The summed E-state index contributed by atoms with van der Waals surface area (Å²) in [6.07, 6.45) is 2.25. The van der Waals surface area contributed by atoms with E-state index in [1.165, 1.54) is 17.7 Å². The normalized spacial score (nSPS) is 10.5. The molecule has 0 aliphatic carbocycles. The lowest BCUT2D eigenvalue weighted by Crippen LogP contribution is -2.25. The van der Waals surface area contributed by atoms with Gasteiger partial charge in [-0.15, -0.1) is 11.8 Å². The molecule has 0 bridgehead atoms. The van der Waals surface area contributed by atoms with Crippen LogP contribution >= 0.6 is 11.8 Å². The Balaban J connectivity index is 1.46. The lowest BCUT2D eigenvalue weighted by molar-refractivity contribution is 0.0953. The standard InChI is InChI=1S/C21H19FN2OS/c22-19-9-6-16(7-10-19)12-13-23-21(25)18-8-11-20(24-14-18)26-15-17-4-2-1-3-5-17/h1-11,14H,12-13,15H2,(H,23,25). The summed E-state index contributed by atoms with van der Waals surface area (Å²) >= 11 is 1.64. The molecule has 0 aliphatic rings. The Morgan fingerprint density at radius 3 is 2.42 bits per heavy atom. The van der Waals surface area contributed by atoms with Gasteiger partial charge >= 0.3 is 0 Å². The molecule has 3 aromatic rings. The Hall–Kier alpha value is -2.66. The highest BCUT2D eigenvalue weighted by atomic mass is 32.2. The molecular formula is C21H19FN2OS. The van der Waals surface area contributed by atoms with Crippen LogP contribution in [-0.2, 0) is 12.2 Å². The first-order valence-corrected chi connectivity index (χ1v) is 9.35. The Bertz CT molecular complexity index is 836. The molecule has 0 spiro atoms. The minimum absolute atomic E-state index is 0.153. The van der Waals surface area contributed by atoms with Gasteiger partial charge in [-0.3, -0.25) is 4.79 Å². The number of thioether (sulfide) groups is 1. The molecule has 132 valence electrons. The van der Waals surface area contributed by atoms with Crippen LogP contribution in [0.15, 0.2) is 78.0 Å². The summed E-state index contributed by atoms with van der Waals surface area (Å²) in [4.78, 5) is 16.5. The zero-order valence-corrected chi connectivity index (χ0v) is 15.0. The molecule has 1 N–H and O–H groups in total. The number of aromatic nitrogens is 1. The smallest absolute Gasteiger partial charge is 0.252 e. The van der Waals surface area contributed by atoms with Gasteiger partial charge in [0.25, 0.3) is 5.91 Å². The Kier molecular flexibility index (Phi) is 6.39. The van der Waals surface area contributed by atoms with E-state index in [1.54, 1.807) is 36.2 Å². The first-order chi connectivity index (χ1) is 12.7. The van der Waals surface area contributed by atoms with E-state index in [2.05, 4.69) is 22.4 Å². The molecule has 0 aliphatic heterocycles. The van der Waals surface area contributed by atoms with Crippen molar-refractivity contribution in [3.05, 3.63) is 95.4 Å². The molecule has 1 aromatic heterocycles. The van der Waals surface area contributed by atoms with Crippen molar-refractivity contribution in [1.29, 1.82) is 0 Å². The van der Waals surface area contributed by atoms with Crippen molar-refractivity contribution in [2.45, 2.75) is 17.2 Å². The molecule has 0 fully saturated rings. The van der Waals surface area contributed by atoms with E-state index in [1.807, 2.05) is 24.3 Å². The van der Waals surface area contributed by atoms with Gasteiger partial charge in [0.1, 0.15) is 5.82 Å². The lowest BCUT2D eigenvalue weighted by atomic mass is 10.1. The summed E-state index contributed by atoms with van der Waals surface area (Å²) in [7, 11) is 0. The number of rotatable bonds is 7. The third-order valence-electron chi connectivity index (χ3n) is 3.84. The van der Waals surface area contributed by atoms with Gasteiger partial charge in [-0.1, -0.05) is 42.5 Å². The van der Waals surface area contributed by atoms with Gasteiger partial charge in [-0.2, -0.15) is 0 Å².